The van der Waals surface area contributed by atoms with E-state index in [1.54, 1.807) is 30.3 Å². The molecule has 1 aliphatic rings. The molecule has 0 bridgehead atoms. The van der Waals surface area contributed by atoms with Crippen LogP contribution < -0.4 is 4.74 Å². The molecule has 1 amide bonds. The van der Waals surface area contributed by atoms with Crippen molar-refractivity contribution in [2.75, 3.05) is 0 Å². The van der Waals surface area contributed by atoms with Gasteiger partial charge in [-0.2, -0.15) is 5.01 Å². The lowest BCUT2D eigenvalue weighted by Crippen LogP contribution is -2.25. The van der Waals surface area contributed by atoms with Crippen LogP contribution in [0.3, 0.4) is 0 Å². The number of hydrazone groups is 1. The molecular formula is C22H16Cl2N2O4. The Bertz CT molecular complexity index is 1190. The molecule has 0 fully saturated rings. The van der Waals surface area contributed by atoms with E-state index in [1.165, 1.54) is 13.8 Å². The Balaban J connectivity index is 1.84. The molecule has 0 aliphatic carbocycles. The van der Waals surface area contributed by atoms with E-state index >= 15 is 0 Å². The monoisotopic (exact) mass is 442 g/mol. The van der Waals surface area contributed by atoms with Crippen molar-refractivity contribution in [1.29, 1.82) is 0 Å². The Morgan fingerprint density at radius 2 is 1.63 bits per heavy atom. The normalized spacial score (nSPS) is 15.7. The molecule has 1 heterocycles. The fourth-order valence-corrected chi connectivity index (χ4v) is 3.82. The fourth-order valence-electron chi connectivity index (χ4n) is 3.24. The van der Waals surface area contributed by atoms with Crippen molar-refractivity contribution in [2.24, 2.45) is 5.10 Å². The largest absolute Gasteiger partial charge is 0.445 e. The first-order chi connectivity index (χ1) is 14.3. The predicted molar refractivity (Wildman–Crippen MR) is 115 cm³/mol. The van der Waals surface area contributed by atoms with Crippen LogP contribution in [0.15, 0.2) is 59.7 Å². The molecule has 1 aliphatic heterocycles. The average Bonchev–Trinajstić information content (AvgIpc) is 3.12. The van der Waals surface area contributed by atoms with Crippen LogP contribution in [-0.4, -0.2) is 22.8 Å². The van der Waals surface area contributed by atoms with Gasteiger partial charge in [-0.05, 0) is 35.0 Å². The second kappa shape index (κ2) is 7.97. The van der Waals surface area contributed by atoms with Crippen molar-refractivity contribution in [2.45, 2.75) is 20.1 Å². The maximum atomic E-state index is 12.3. The molecule has 3 aromatic carbocycles. The first-order valence-corrected chi connectivity index (χ1v) is 9.81. The molecule has 0 aromatic heterocycles. The standard InChI is InChI=1S/C22H16Cl2N2O4/c1-12(27)26-22(20-17(23)8-5-9-18(20)24)30-21(25-26)16-10-14-6-3-4-7-15(14)11-19(16)29-13(2)28/h3-11,22H,1-2H3. The molecule has 6 nitrogen and oxygen atoms in total. The van der Waals surface area contributed by atoms with Crippen molar-refractivity contribution in [3.05, 3.63) is 75.8 Å². The molecule has 0 spiro atoms. The van der Waals surface area contributed by atoms with Gasteiger partial charge in [0.15, 0.2) is 0 Å². The minimum Gasteiger partial charge on any atom is -0.445 e. The van der Waals surface area contributed by atoms with Gasteiger partial charge in [0.05, 0.1) is 21.2 Å². The van der Waals surface area contributed by atoms with Crippen LogP contribution in [0, 0.1) is 0 Å². The van der Waals surface area contributed by atoms with Gasteiger partial charge in [0, 0.05) is 13.8 Å². The zero-order valence-corrected chi connectivity index (χ0v) is 17.6. The number of amides is 1. The first kappa shape index (κ1) is 20.2. The van der Waals surface area contributed by atoms with E-state index < -0.39 is 12.2 Å². The predicted octanol–water partition coefficient (Wildman–Crippen LogP) is 5.31. The van der Waals surface area contributed by atoms with E-state index in [0.29, 0.717) is 21.2 Å². The summed E-state index contributed by atoms with van der Waals surface area (Å²) in [5.41, 5.74) is 0.852. The maximum Gasteiger partial charge on any atom is 0.308 e. The van der Waals surface area contributed by atoms with Crippen LogP contribution in [0.5, 0.6) is 5.75 Å². The summed E-state index contributed by atoms with van der Waals surface area (Å²) in [5.74, 6) is -0.456. The SMILES string of the molecule is CC(=O)Oc1cc2ccccc2cc1C1=NN(C(C)=O)C(c2c(Cl)cccc2Cl)O1. The Morgan fingerprint density at radius 1 is 1.00 bits per heavy atom. The van der Waals surface area contributed by atoms with Crippen LogP contribution in [0.2, 0.25) is 10.0 Å². The molecule has 8 heteroatoms. The zero-order chi connectivity index (χ0) is 21.4. The summed E-state index contributed by atoms with van der Waals surface area (Å²) in [6.07, 6.45) is -0.949. The van der Waals surface area contributed by atoms with E-state index in [-0.39, 0.29) is 17.6 Å². The Labute approximate surface area is 182 Å². The van der Waals surface area contributed by atoms with Crippen molar-refractivity contribution in [1.82, 2.24) is 5.01 Å². The molecule has 0 saturated heterocycles. The molecule has 0 saturated carbocycles. The number of hydrogen-bond donors (Lipinski definition) is 0. The van der Waals surface area contributed by atoms with E-state index in [0.717, 1.165) is 15.8 Å². The lowest BCUT2D eigenvalue weighted by Gasteiger charge is -2.21. The molecule has 152 valence electrons. The van der Waals surface area contributed by atoms with E-state index in [9.17, 15) is 9.59 Å². The fraction of sp³-hybridized carbons (Fsp3) is 0.136. The molecular weight excluding hydrogens is 427 g/mol. The summed E-state index contributed by atoms with van der Waals surface area (Å²) in [6.45, 7) is 2.67. The molecule has 0 N–H and O–H groups in total. The number of nitrogens with zero attached hydrogens (tertiary/aromatic N) is 2. The number of carbonyl (C=O) groups is 2. The van der Waals surface area contributed by atoms with Gasteiger partial charge < -0.3 is 9.47 Å². The highest BCUT2D eigenvalue weighted by molar-refractivity contribution is 6.36. The van der Waals surface area contributed by atoms with E-state index in [4.69, 9.17) is 32.7 Å². The Hall–Kier alpha value is -3.09. The number of benzene rings is 3. The molecule has 1 atom stereocenters. The number of fused-ring (bicyclic) bond motifs is 1. The van der Waals surface area contributed by atoms with Crippen molar-refractivity contribution in [3.8, 4) is 5.75 Å². The van der Waals surface area contributed by atoms with Gasteiger partial charge in [-0.3, -0.25) is 9.59 Å². The maximum absolute atomic E-state index is 12.3. The van der Waals surface area contributed by atoms with Gasteiger partial charge in [-0.1, -0.05) is 53.5 Å². The van der Waals surface area contributed by atoms with E-state index in [2.05, 4.69) is 5.10 Å². The highest BCUT2D eigenvalue weighted by Crippen LogP contribution is 2.40. The number of ether oxygens (including phenoxy) is 2. The molecule has 0 radical (unpaired) electrons. The van der Waals surface area contributed by atoms with Crippen molar-refractivity contribution < 1.29 is 19.1 Å². The number of rotatable bonds is 3. The minimum atomic E-state index is -0.949. The third-order valence-corrected chi connectivity index (χ3v) is 5.20. The summed E-state index contributed by atoms with van der Waals surface area (Å²) >= 11 is 12.7. The van der Waals surface area contributed by atoms with Crippen LogP contribution in [0.25, 0.3) is 10.8 Å². The van der Waals surface area contributed by atoms with Crippen LogP contribution in [0.4, 0.5) is 0 Å². The van der Waals surface area contributed by atoms with Gasteiger partial charge >= 0.3 is 5.97 Å². The Morgan fingerprint density at radius 3 is 2.23 bits per heavy atom. The third kappa shape index (κ3) is 3.72. The lowest BCUT2D eigenvalue weighted by atomic mass is 10.1. The summed E-state index contributed by atoms with van der Waals surface area (Å²) in [6, 6.07) is 16.1. The number of halogens is 2. The van der Waals surface area contributed by atoms with Gasteiger partial charge in [-0.25, -0.2) is 0 Å². The molecule has 4 rings (SSSR count). The summed E-state index contributed by atoms with van der Waals surface area (Å²) in [4.78, 5) is 23.9. The summed E-state index contributed by atoms with van der Waals surface area (Å²) < 4.78 is 11.4. The van der Waals surface area contributed by atoms with Crippen LogP contribution in [-0.2, 0) is 14.3 Å². The Kier molecular flexibility index (Phi) is 5.37. The smallest absolute Gasteiger partial charge is 0.308 e. The third-order valence-electron chi connectivity index (χ3n) is 4.55. The van der Waals surface area contributed by atoms with Gasteiger partial charge in [0.25, 0.3) is 0 Å². The molecule has 3 aromatic rings. The second-order valence-electron chi connectivity index (χ2n) is 6.66. The topological polar surface area (TPSA) is 68.2 Å². The molecule has 30 heavy (non-hydrogen) atoms. The lowest BCUT2D eigenvalue weighted by molar-refractivity contribution is -0.135. The van der Waals surface area contributed by atoms with Crippen molar-refractivity contribution in [3.63, 3.8) is 0 Å². The number of hydrogen-bond acceptors (Lipinski definition) is 5. The van der Waals surface area contributed by atoms with Crippen molar-refractivity contribution >= 4 is 51.7 Å². The van der Waals surface area contributed by atoms with Crippen LogP contribution >= 0.6 is 23.2 Å². The summed E-state index contributed by atoms with van der Waals surface area (Å²) in [5, 5.41) is 7.96. The number of carbonyl (C=O) groups excluding carboxylic acids is 2. The van der Waals surface area contributed by atoms with Gasteiger partial charge in [0.1, 0.15) is 5.75 Å². The highest BCUT2D eigenvalue weighted by atomic mass is 35.5. The number of esters is 1. The molecule has 1 unspecified atom stereocenters. The van der Waals surface area contributed by atoms with Crippen LogP contribution in [0.1, 0.15) is 31.2 Å². The summed E-state index contributed by atoms with van der Waals surface area (Å²) in [7, 11) is 0. The van der Waals surface area contributed by atoms with Gasteiger partial charge in [-0.15, -0.1) is 5.10 Å². The quantitative estimate of drug-likeness (QED) is 0.407. The highest BCUT2D eigenvalue weighted by Gasteiger charge is 2.37. The first-order valence-electron chi connectivity index (χ1n) is 9.05. The van der Waals surface area contributed by atoms with Gasteiger partial charge in [0.2, 0.25) is 18.0 Å². The van der Waals surface area contributed by atoms with E-state index in [1.807, 2.05) is 24.3 Å². The minimum absolute atomic E-state index is 0.119. The average molecular weight is 443 g/mol. The second-order valence-corrected chi connectivity index (χ2v) is 7.48. The zero-order valence-electron chi connectivity index (χ0n) is 16.1.